The van der Waals surface area contributed by atoms with E-state index >= 15 is 0 Å². The standard InChI is InChI=1S/C17H25N3O4/c1-17(2,3)24-16(22)20-10-8-19(9-11-20)12-14-13(15(21)23-4)6-5-7-18-14/h5-7H,8-12H2,1-4H3. The maximum atomic E-state index is 12.1. The van der Waals surface area contributed by atoms with Gasteiger partial charge in [-0.05, 0) is 32.9 Å². The first kappa shape index (κ1) is 18.2. The molecule has 132 valence electrons. The highest BCUT2D eigenvalue weighted by Crippen LogP contribution is 2.14. The van der Waals surface area contributed by atoms with Gasteiger partial charge in [-0.15, -0.1) is 0 Å². The van der Waals surface area contributed by atoms with Crippen molar-refractivity contribution in [1.82, 2.24) is 14.8 Å². The summed E-state index contributed by atoms with van der Waals surface area (Å²) in [6.07, 6.45) is 1.38. The topological polar surface area (TPSA) is 72.0 Å². The zero-order chi connectivity index (χ0) is 17.7. The lowest BCUT2D eigenvalue weighted by molar-refractivity contribution is 0.0138. The van der Waals surface area contributed by atoms with E-state index in [1.54, 1.807) is 23.2 Å². The average Bonchev–Trinajstić information content (AvgIpc) is 2.53. The quantitative estimate of drug-likeness (QED) is 0.786. The molecule has 0 bridgehead atoms. The van der Waals surface area contributed by atoms with Crippen molar-refractivity contribution in [3.05, 3.63) is 29.6 Å². The van der Waals surface area contributed by atoms with E-state index < -0.39 is 5.60 Å². The monoisotopic (exact) mass is 335 g/mol. The minimum atomic E-state index is -0.489. The molecule has 2 rings (SSSR count). The van der Waals surface area contributed by atoms with Crippen molar-refractivity contribution in [2.75, 3.05) is 33.3 Å². The van der Waals surface area contributed by atoms with E-state index in [4.69, 9.17) is 9.47 Å². The van der Waals surface area contributed by atoms with Crippen LogP contribution >= 0.6 is 0 Å². The summed E-state index contributed by atoms with van der Waals surface area (Å²) in [5.74, 6) is -0.384. The molecule has 1 aliphatic heterocycles. The van der Waals surface area contributed by atoms with Gasteiger partial charge in [0.05, 0.1) is 18.4 Å². The van der Waals surface area contributed by atoms with E-state index in [1.165, 1.54) is 7.11 Å². The molecule has 0 aromatic carbocycles. The van der Waals surface area contributed by atoms with Crippen molar-refractivity contribution in [2.24, 2.45) is 0 Å². The van der Waals surface area contributed by atoms with Crippen molar-refractivity contribution >= 4 is 12.1 Å². The van der Waals surface area contributed by atoms with E-state index in [9.17, 15) is 9.59 Å². The fourth-order valence-electron chi connectivity index (χ4n) is 2.49. The van der Waals surface area contributed by atoms with Crippen LogP contribution in [0.5, 0.6) is 0 Å². The molecular formula is C17H25N3O4. The number of carbonyl (C=O) groups excluding carboxylic acids is 2. The summed E-state index contributed by atoms with van der Waals surface area (Å²) in [5, 5.41) is 0. The second kappa shape index (κ2) is 7.61. The predicted molar refractivity (Wildman–Crippen MR) is 88.7 cm³/mol. The van der Waals surface area contributed by atoms with Crippen LogP contribution in [0, 0.1) is 0 Å². The average molecular weight is 335 g/mol. The van der Waals surface area contributed by atoms with E-state index in [0.717, 1.165) is 0 Å². The number of piperazine rings is 1. The second-order valence-electron chi connectivity index (χ2n) is 6.73. The summed E-state index contributed by atoms with van der Waals surface area (Å²) in [6.45, 7) is 8.72. The molecule has 1 saturated heterocycles. The maximum absolute atomic E-state index is 12.1. The predicted octanol–water partition coefficient (Wildman–Crippen LogP) is 1.92. The lowest BCUT2D eigenvalue weighted by atomic mass is 10.1. The number of carbonyl (C=O) groups is 2. The molecule has 0 aliphatic carbocycles. The van der Waals surface area contributed by atoms with Gasteiger partial charge in [-0.1, -0.05) is 0 Å². The van der Waals surface area contributed by atoms with Crippen molar-refractivity contribution < 1.29 is 19.1 Å². The van der Waals surface area contributed by atoms with Crippen LogP contribution in [0.15, 0.2) is 18.3 Å². The lowest BCUT2D eigenvalue weighted by Gasteiger charge is -2.35. The third-order valence-electron chi connectivity index (χ3n) is 3.69. The number of rotatable bonds is 3. The molecule has 0 spiro atoms. The molecule has 1 amide bonds. The summed E-state index contributed by atoms with van der Waals surface area (Å²) in [5.41, 5.74) is 0.682. The molecule has 0 unspecified atom stereocenters. The smallest absolute Gasteiger partial charge is 0.410 e. The third kappa shape index (κ3) is 4.92. The summed E-state index contributed by atoms with van der Waals surface area (Å²) in [7, 11) is 1.36. The number of pyridine rings is 1. The summed E-state index contributed by atoms with van der Waals surface area (Å²) >= 11 is 0. The SMILES string of the molecule is COC(=O)c1cccnc1CN1CCN(C(=O)OC(C)(C)C)CC1. The minimum absolute atomic E-state index is 0.282. The highest BCUT2D eigenvalue weighted by Gasteiger charge is 2.26. The molecule has 1 fully saturated rings. The zero-order valence-electron chi connectivity index (χ0n) is 14.7. The molecule has 1 aromatic heterocycles. The zero-order valence-corrected chi connectivity index (χ0v) is 14.7. The van der Waals surface area contributed by atoms with Crippen molar-refractivity contribution in [3.63, 3.8) is 0 Å². The first-order valence-corrected chi connectivity index (χ1v) is 8.02. The number of hydrogen-bond acceptors (Lipinski definition) is 6. The van der Waals surface area contributed by atoms with Gasteiger partial charge in [-0.2, -0.15) is 0 Å². The molecule has 7 heteroatoms. The molecule has 0 atom stereocenters. The third-order valence-corrected chi connectivity index (χ3v) is 3.69. The number of aromatic nitrogens is 1. The van der Waals surface area contributed by atoms with Crippen LogP contribution in [0.3, 0.4) is 0 Å². The molecule has 0 radical (unpaired) electrons. The molecule has 7 nitrogen and oxygen atoms in total. The Labute approximate surface area is 142 Å². The largest absolute Gasteiger partial charge is 0.465 e. The normalized spacial score (nSPS) is 15.9. The fourth-order valence-corrected chi connectivity index (χ4v) is 2.49. The number of amides is 1. The molecular weight excluding hydrogens is 310 g/mol. The number of ether oxygens (including phenoxy) is 2. The maximum Gasteiger partial charge on any atom is 0.410 e. The van der Waals surface area contributed by atoms with Gasteiger partial charge >= 0.3 is 12.1 Å². The molecule has 2 heterocycles. The Morgan fingerprint density at radius 1 is 1.21 bits per heavy atom. The molecule has 1 aliphatic rings. The summed E-state index contributed by atoms with van der Waals surface area (Å²) in [6, 6.07) is 3.43. The van der Waals surface area contributed by atoms with Crippen LogP contribution in [0.4, 0.5) is 4.79 Å². The first-order chi connectivity index (χ1) is 11.3. The van der Waals surface area contributed by atoms with E-state index in [1.807, 2.05) is 20.8 Å². The van der Waals surface area contributed by atoms with Crippen LogP contribution in [0.25, 0.3) is 0 Å². The number of nitrogens with zero attached hydrogens (tertiary/aromatic N) is 3. The Balaban J connectivity index is 1.92. The Bertz CT molecular complexity index is 590. The molecule has 24 heavy (non-hydrogen) atoms. The number of methoxy groups -OCH3 is 1. The summed E-state index contributed by atoms with van der Waals surface area (Å²) < 4.78 is 10.2. The van der Waals surface area contributed by atoms with Crippen LogP contribution in [0.1, 0.15) is 36.8 Å². The fraction of sp³-hybridized carbons (Fsp3) is 0.588. The van der Waals surface area contributed by atoms with Crippen molar-refractivity contribution in [2.45, 2.75) is 32.9 Å². The lowest BCUT2D eigenvalue weighted by Crippen LogP contribution is -2.49. The minimum Gasteiger partial charge on any atom is -0.465 e. The van der Waals surface area contributed by atoms with Gasteiger partial charge in [-0.25, -0.2) is 9.59 Å². The van der Waals surface area contributed by atoms with Crippen molar-refractivity contribution in [1.29, 1.82) is 0 Å². The first-order valence-electron chi connectivity index (χ1n) is 8.02. The Morgan fingerprint density at radius 2 is 1.88 bits per heavy atom. The Hall–Kier alpha value is -2.15. The van der Waals surface area contributed by atoms with Crippen LogP contribution in [0.2, 0.25) is 0 Å². The number of esters is 1. The Morgan fingerprint density at radius 3 is 2.46 bits per heavy atom. The van der Waals surface area contributed by atoms with E-state index in [-0.39, 0.29) is 12.1 Å². The van der Waals surface area contributed by atoms with Crippen LogP contribution in [-0.2, 0) is 16.0 Å². The van der Waals surface area contributed by atoms with E-state index in [0.29, 0.717) is 44.0 Å². The van der Waals surface area contributed by atoms with Gasteiger partial charge in [0.2, 0.25) is 0 Å². The Kier molecular flexibility index (Phi) is 5.77. The molecule has 0 N–H and O–H groups in total. The van der Waals surface area contributed by atoms with Crippen molar-refractivity contribution in [3.8, 4) is 0 Å². The van der Waals surface area contributed by atoms with Gasteiger partial charge < -0.3 is 14.4 Å². The van der Waals surface area contributed by atoms with Crippen LogP contribution < -0.4 is 0 Å². The van der Waals surface area contributed by atoms with Gasteiger partial charge in [0.25, 0.3) is 0 Å². The van der Waals surface area contributed by atoms with Gasteiger partial charge in [0.1, 0.15) is 5.60 Å². The van der Waals surface area contributed by atoms with E-state index in [2.05, 4.69) is 9.88 Å². The highest BCUT2D eigenvalue weighted by molar-refractivity contribution is 5.90. The molecule has 0 saturated carbocycles. The highest BCUT2D eigenvalue weighted by atomic mass is 16.6. The summed E-state index contributed by atoms with van der Waals surface area (Å²) in [4.78, 5) is 32.0. The number of hydrogen-bond donors (Lipinski definition) is 0. The van der Waals surface area contributed by atoms with Gasteiger partial charge in [0, 0.05) is 38.9 Å². The second-order valence-corrected chi connectivity index (χ2v) is 6.73. The molecule has 1 aromatic rings. The van der Waals surface area contributed by atoms with Crippen LogP contribution in [-0.4, -0.2) is 65.7 Å². The van der Waals surface area contributed by atoms with Gasteiger partial charge in [-0.3, -0.25) is 9.88 Å². The van der Waals surface area contributed by atoms with Gasteiger partial charge in [0.15, 0.2) is 0 Å².